The van der Waals surface area contributed by atoms with Gasteiger partial charge in [-0.15, -0.1) is 0 Å². The maximum atomic E-state index is 14.4. The Morgan fingerprint density at radius 1 is 0.421 bits per heavy atom. The lowest BCUT2D eigenvalue weighted by molar-refractivity contribution is -0.355. The van der Waals surface area contributed by atoms with Crippen molar-refractivity contribution in [3.05, 3.63) is 246 Å². The van der Waals surface area contributed by atoms with Gasteiger partial charge < -0.3 is 47.4 Å². The number of thioether (sulfide) groups is 1. The topological polar surface area (TPSA) is 144 Å². The van der Waals surface area contributed by atoms with E-state index in [2.05, 4.69) is 0 Å². The predicted molar refractivity (Wildman–Crippen MR) is 284 cm³/mol. The highest BCUT2D eigenvalue weighted by Gasteiger charge is 2.56. The van der Waals surface area contributed by atoms with Gasteiger partial charge in [0.2, 0.25) is 0 Å². The Hall–Kier alpha value is -6.98. The molecule has 13 nitrogen and oxygen atoms in total. The molecule has 7 aromatic rings. The van der Waals surface area contributed by atoms with E-state index in [1.165, 1.54) is 18.7 Å². The number of carbonyl (C=O) groups is 3. The molecule has 0 radical (unpaired) electrons. The van der Waals surface area contributed by atoms with Gasteiger partial charge >= 0.3 is 17.9 Å². The van der Waals surface area contributed by atoms with Crippen molar-refractivity contribution in [1.29, 1.82) is 0 Å². The Morgan fingerprint density at radius 3 is 1.37 bits per heavy atom. The standard InChI is InChI=1S/C62H60O13S/c1-43(63)71-54-52(42-70-59(64)48-31-17-6-18-32-48)73-62(76-50-35-21-8-22-36-50)58(74-60(65)49-33-19-7-20-34-49)56(54)75-61-57(69-40-47-29-15-5-16-30-47)55(68-39-46-27-13-4-14-28-46)53(67-38-45-25-11-3-12-26-45)51(72-61)41-66-37-44-23-9-2-10-24-44/h2-36,51-58,61-62H,37-42H2,1H3/t51-,52-,53+,54+,55+,56+,57-,58-,61-,62+/m1/s1. The summed E-state index contributed by atoms with van der Waals surface area (Å²) in [5, 5.41) is 0. The van der Waals surface area contributed by atoms with E-state index in [4.69, 9.17) is 47.4 Å². The van der Waals surface area contributed by atoms with Gasteiger partial charge in [-0.1, -0.05) is 188 Å². The van der Waals surface area contributed by atoms with Crippen molar-refractivity contribution in [1.82, 2.24) is 0 Å². The van der Waals surface area contributed by atoms with Crippen molar-refractivity contribution in [2.45, 2.75) is 98.8 Å². The fourth-order valence-electron chi connectivity index (χ4n) is 8.95. The van der Waals surface area contributed by atoms with Crippen molar-refractivity contribution in [2.75, 3.05) is 13.2 Å². The van der Waals surface area contributed by atoms with Crippen LogP contribution in [0.3, 0.4) is 0 Å². The van der Waals surface area contributed by atoms with Crippen LogP contribution in [0.2, 0.25) is 0 Å². The van der Waals surface area contributed by atoms with Crippen molar-refractivity contribution >= 4 is 29.7 Å². The molecule has 10 atom stereocenters. The second-order valence-electron chi connectivity index (χ2n) is 18.2. The number of rotatable bonds is 23. The lowest BCUT2D eigenvalue weighted by Crippen LogP contribution is -2.66. The molecule has 2 fully saturated rings. The van der Waals surface area contributed by atoms with Crippen LogP contribution >= 0.6 is 11.8 Å². The van der Waals surface area contributed by atoms with E-state index in [9.17, 15) is 14.4 Å². The first-order valence-electron chi connectivity index (χ1n) is 25.3. The predicted octanol–water partition coefficient (Wildman–Crippen LogP) is 10.6. The van der Waals surface area contributed by atoms with Crippen LogP contribution in [-0.2, 0) is 78.6 Å². The van der Waals surface area contributed by atoms with Crippen LogP contribution in [0.4, 0.5) is 0 Å². The van der Waals surface area contributed by atoms with Crippen LogP contribution in [0.15, 0.2) is 217 Å². The first-order valence-corrected chi connectivity index (χ1v) is 26.1. The third kappa shape index (κ3) is 15.1. The lowest BCUT2D eigenvalue weighted by atomic mass is 9.96. The van der Waals surface area contributed by atoms with Crippen LogP contribution in [0.5, 0.6) is 0 Å². The molecule has 2 heterocycles. The van der Waals surface area contributed by atoms with E-state index in [0.29, 0.717) is 5.56 Å². The highest BCUT2D eigenvalue weighted by Crippen LogP contribution is 2.41. The molecule has 0 aliphatic carbocycles. The maximum absolute atomic E-state index is 14.4. The SMILES string of the molecule is CC(=O)O[C@@H]1[C@H](O[C@H]2O[C@H](COCc3ccccc3)[C@H](OCc3ccccc3)[C@H](OCc3ccccc3)[C@H]2OCc2ccccc2)[C@@H](OC(=O)c2ccccc2)[C@H](Sc2ccccc2)O[C@@H]1COC(=O)c1ccccc1. The molecular weight excluding hydrogens is 985 g/mol. The van der Waals surface area contributed by atoms with Crippen LogP contribution in [0.25, 0.3) is 0 Å². The molecule has 2 aliphatic heterocycles. The van der Waals surface area contributed by atoms with E-state index in [-0.39, 0.29) is 45.2 Å². The zero-order valence-corrected chi connectivity index (χ0v) is 42.8. The smallest absolute Gasteiger partial charge is 0.338 e. The average molecular weight is 1050 g/mol. The van der Waals surface area contributed by atoms with Crippen molar-refractivity contribution in [3.8, 4) is 0 Å². The molecule has 14 heteroatoms. The van der Waals surface area contributed by atoms with E-state index < -0.39 is 78.5 Å². The largest absolute Gasteiger partial charge is 0.459 e. The third-order valence-corrected chi connectivity index (χ3v) is 13.8. The number of carbonyl (C=O) groups excluding carboxylic acids is 3. The number of benzene rings is 7. The molecule has 76 heavy (non-hydrogen) atoms. The highest BCUT2D eigenvalue weighted by atomic mass is 32.2. The summed E-state index contributed by atoms with van der Waals surface area (Å²) in [4.78, 5) is 42.2. The molecule has 392 valence electrons. The molecule has 0 spiro atoms. The molecule has 0 aromatic heterocycles. The summed E-state index contributed by atoms with van der Waals surface area (Å²) in [5.74, 6) is -2.02. The van der Waals surface area contributed by atoms with Gasteiger partial charge in [-0.25, -0.2) is 9.59 Å². The summed E-state index contributed by atoms with van der Waals surface area (Å²) in [7, 11) is 0. The van der Waals surface area contributed by atoms with Crippen molar-refractivity contribution in [3.63, 3.8) is 0 Å². The van der Waals surface area contributed by atoms with Gasteiger partial charge in [0.15, 0.2) is 18.5 Å². The molecule has 0 amide bonds. The third-order valence-electron chi connectivity index (χ3n) is 12.7. The minimum Gasteiger partial charge on any atom is -0.459 e. The molecule has 0 N–H and O–H groups in total. The van der Waals surface area contributed by atoms with E-state index in [0.717, 1.165) is 27.1 Å². The lowest BCUT2D eigenvalue weighted by Gasteiger charge is -2.49. The summed E-state index contributed by atoms with van der Waals surface area (Å²) in [6, 6.07) is 65.5. The maximum Gasteiger partial charge on any atom is 0.338 e. The molecule has 0 saturated carbocycles. The zero-order valence-electron chi connectivity index (χ0n) is 41.9. The molecule has 0 unspecified atom stereocenters. The monoisotopic (exact) mass is 1040 g/mol. The van der Waals surface area contributed by atoms with Gasteiger partial charge in [-0.3, -0.25) is 4.79 Å². The van der Waals surface area contributed by atoms with Crippen LogP contribution < -0.4 is 0 Å². The van der Waals surface area contributed by atoms with Gasteiger partial charge in [0.05, 0.1) is 44.2 Å². The van der Waals surface area contributed by atoms with Gasteiger partial charge in [0, 0.05) is 11.8 Å². The number of hydrogen-bond acceptors (Lipinski definition) is 14. The van der Waals surface area contributed by atoms with Gasteiger partial charge in [0.25, 0.3) is 0 Å². The van der Waals surface area contributed by atoms with Gasteiger partial charge in [-0.2, -0.15) is 0 Å². The molecule has 7 aromatic carbocycles. The molecule has 2 saturated heterocycles. The summed E-state index contributed by atoms with van der Waals surface area (Å²) >= 11 is 1.26. The first kappa shape index (κ1) is 53.8. The first-order chi connectivity index (χ1) is 37.3. The molecule has 9 rings (SSSR count). The molecule has 0 bridgehead atoms. The quantitative estimate of drug-likeness (QED) is 0.0443. The Labute approximate surface area is 447 Å². The minimum absolute atomic E-state index is 0.0168. The van der Waals surface area contributed by atoms with Gasteiger partial charge in [0.1, 0.15) is 48.7 Å². The summed E-state index contributed by atoms with van der Waals surface area (Å²) < 4.78 is 67.4. The van der Waals surface area contributed by atoms with E-state index in [1.54, 1.807) is 60.7 Å². The second kappa shape index (κ2) is 27.7. The normalized spacial score (nSPS) is 23.2. The number of ether oxygens (including phenoxy) is 10. The average Bonchev–Trinajstić information content (AvgIpc) is 3.50. The zero-order chi connectivity index (χ0) is 52.3. The van der Waals surface area contributed by atoms with E-state index in [1.807, 2.05) is 152 Å². The summed E-state index contributed by atoms with van der Waals surface area (Å²) in [5.41, 5.74) is 3.14. The fourth-order valence-corrected chi connectivity index (χ4v) is 10.1. The van der Waals surface area contributed by atoms with Crippen molar-refractivity contribution < 1.29 is 61.8 Å². The van der Waals surface area contributed by atoms with E-state index >= 15 is 0 Å². The Bertz CT molecular complexity index is 2830. The molecular formula is C62H60O13S. The van der Waals surface area contributed by atoms with Gasteiger partial charge in [-0.05, 0) is 58.7 Å². The Balaban J connectivity index is 1.15. The summed E-state index contributed by atoms with van der Waals surface area (Å²) in [6.45, 7) is 1.59. The Kier molecular flexibility index (Phi) is 19.6. The van der Waals surface area contributed by atoms with Crippen molar-refractivity contribution in [2.24, 2.45) is 0 Å². The van der Waals surface area contributed by atoms with Crippen LogP contribution in [0, 0.1) is 0 Å². The highest BCUT2D eigenvalue weighted by molar-refractivity contribution is 7.99. The second-order valence-corrected chi connectivity index (χ2v) is 19.3. The number of esters is 3. The molecule has 2 aliphatic rings. The summed E-state index contributed by atoms with van der Waals surface area (Å²) in [6.07, 6.45) is -10.3. The fraction of sp³-hybridized carbons (Fsp3) is 0.274. The van der Waals surface area contributed by atoms with Crippen LogP contribution in [-0.4, -0.2) is 91.7 Å². The van der Waals surface area contributed by atoms with Crippen LogP contribution in [0.1, 0.15) is 49.9 Å². The Morgan fingerprint density at radius 2 is 0.855 bits per heavy atom. The number of hydrogen-bond donors (Lipinski definition) is 0. The minimum atomic E-state index is -1.37.